The van der Waals surface area contributed by atoms with Crippen molar-refractivity contribution in [3.63, 3.8) is 0 Å². The molecule has 0 aliphatic heterocycles. The Hall–Kier alpha value is -2.34. The second kappa shape index (κ2) is 13.7. The molecule has 0 saturated heterocycles. The largest absolute Gasteiger partial charge is 0.361 e. The number of nitrogens with zero attached hydrogens (tertiary/aromatic N) is 2. The van der Waals surface area contributed by atoms with E-state index < -0.39 is 12.5 Å². The third-order valence-electron chi connectivity index (χ3n) is 6.20. The number of benzene rings is 2. The molecule has 2 rings (SSSR count). The van der Waals surface area contributed by atoms with Gasteiger partial charge in [-0.05, 0) is 45.9 Å². The van der Waals surface area contributed by atoms with Crippen LogP contribution in [0.2, 0.25) is 0 Å². The number of aliphatic imine (C=N–C) groups is 2. The van der Waals surface area contributed by atoms with Gasteiger partial charge in [0.1, 0.15) is 12.5 Å². The summed E-state index contributed by atoms with van der Waals surface area (Å²) in [6.07, 6.45) is 2.76. The monoisotopic (exact) mass is 479 g/mol. The summed E-state index contributed by atoms with van der Waals surface area (Å²) in [5.41, 5.74) is 6.99. The van der Waals surface area contributed by atoms with E-state index in [0.717, 1.165) is 11.4 Å². The maximum Gasteiger partial charge on any atom is 0.146 e. The van der Waals surface area contributed by atoms with E-state index in [1.165, 1.54) is 22.3 Å². The first-order valence-corrected chi connectivity index (χ1v) is 12.8. The van der Waals surface area contributed by atoms with Crippen LogP contribution in [0.5, 0.6) is 0 Å². The lowest BCUT2D eigenvalue weighted by molar-refractivity contribution is 0.0566. The van der Waals surface area contributed by atoms with Crippen LogP contribution in [0.1, 0.15) is 101 Å². The van der Waals surface area contributed by atoms with E-state index in [1.807, 2.05) is 12.4 Å². The molecule has 2 aromatic rings. The Kier molecular flexibility index (Phi) is 11.3. The Balaban J connectivity index is 2.31. The summed E-state index contributed by atoms with van der Waals surface area (Å²) in [5, 5.41) is 3.35. The number of hydrogen-bond acceptors (Lipinski definition) is 5. The van der Waals surface area contributed by atoms with Crippen LogP contribution in [0.3, 0.4) is 0 Å². The number of rotatable bonds is 12. The van der Waals surface area contributed by atoms with E-state index in [0.29, 0.717) is 23.7 Å². The Morgan fingerprint density at radius 1 is 0.571 bits per heavy atom. The van der Waals surface area contributed by atoms with Gasteiger partial charge in [0.15, 0.2) is 0 Å². The summed E-state index contributed by atoms with van der Waals surface area (Å²) in [5.74, 6) is 1.52. The molecule has 0 amide bonds. The van der Waals surface area contributed by atoms with Gasteiger partial charge in [0.25, 0.3) is 0 Å². The zero-order valence-corrected chi connectivity index (χ0v) is 23.3. The highest BCUT2D eigenvalue weighted by molar-refractivity contribution is 5.74. The van der Waals surface area contributed by atoms with Gasteiger partial charge >= 0.3 is 0 Å². The minimum Gasteiger partial charge on any atom is -0.361 e. The Morgan fingerprint density at radius 2 is 0.857 bits per heavy atom. The van der Waals surface area contributed by atoms with E-state index in [1.54, 1.807) is 14.2 Å². The van der Waals surface area contributed by atoms with Gasteiger partial charge in [-0.25, -0.2) is 0 Å². The minimum absolute atomic E-state index is 0.379. The highest BCUT2D eigenvalue weighted by Crippen LogP contribution is 2.35. The third-order valence-corrected chi connectivity index (χ3v) is 6.20. The molecule has 0 radical (unpaired) electrons. The molecule has 0 bridgehead atoms. The summed E-state index contributed by atoms with van der Waals surface area (Å²) in [6, 6.07) is 12.9. The fourth-order valence-electron chi connectivity index (χ4n) is 4.11. The van der Waals surface area contributed by atoms with Crippen LogP contribution in [0, 0.1) is 0 Å². The molecule has 35 heavy (non-hydrogen) atoms. The predicted molar refractivity (Wildman–Crippen MR) is 150 cm³/mol. The average Bonchev–Trinajstić information content (AvgIpc) is 2.82. The van der Waals surface area contributed by atoms with Gasteiger partial charge < -0.3 is 9.47 Å². The van der Waals surface area contributed by atoms with Crippen molar-refractivity contribution in [2.45, 2.75) is 91.5 Å². The maximum absolute atomic E-state index is 5.68. The first-order valence-electron chi connectivity index (χ1n) is 12.8. The Labute approximate surface area is 213 Å². The average molecular weight is 480 g/mol. The molecule has 1 N–H and O–H groups in total. The smallest absolute Gasteiger partial charge is 0.146 e. The molecule has 0 saturated carbocycles. The first kappa shape index (κ1) is 28.9. The van der Waals surface area contributed by atoms with E-state index in [2.05, 4.69) is 97.1 Å². The maximum atomic E-state index is 5.68. The Morgan fingerprint density at radius 3 is 1.09 bits per heavy atom. The van der Waals surface area contributed by atoms with Gasteiger partial charge in [0.2, 0.25) is 0 Å². The third kappa shape index (κ3) is 7.83. The summed E-state index contributed by atoms with van der Waals surface area (Å²) in [7, 11) is 3.33. The normalized spacial score (nSPS) is 14.3. The molecular formula is C30H45N3O2. The van der Waals surface area contributed by atoms with E-state index in [9.17, 15) is 0 Å². The van der Waals surface area contributed by atoms with Gasteiger partial charge in [0, 0.05) is 26.6 Å². The van der Waals surface area contributed by atoms with E-state index in [-0.39, 0.29) is 0 Å². The van der Waals surface area contributed by atoms with Crippen LogP contribution in [0.25, 0.3) is 0 Å². The zero-order valence-electron chi connectivity index (χ0n) is 23.3. The van der Waals surface area contributed by atoms with Crippen molar-refractivity contribution in [1.82, 2.24) is 5.32 Å². The van der Waals surface area contributed by atoms with Crippen LogP contribution in [0.15, 0.2) is 46.4 Å². The van der Waals surface area contributed by atoms with Crippen molar-refractivity contribution in [3.05, 3.63) is 58.7 Å². The quantitative estimate of drug-likeness (QED) is 0.249. The van der Waals surface area contributed by atoms with E-state index in [4.69, 9.17) is 19.5 Å². The standard InChI is InChI=1S/C30H45N3O2/c1-19(2)23-13-11-14-24(20(3)4)29(23)31-17-27(34-9)33-28(35-10)18-32-30-25(21(5)6)15-12-16-26(30)22(7)8/h11-22,27-28,33H,1-10H3. The topological polar surface area (TPSA) is 55.2 Å². The van der Waals surface area contributed by atoms with Gasteiger partial charge in [-0.15, -0.1) is 0 Å². The fraction of sp³-hybridized carbons (Fsp3) is 0.533. The second-order valence-corrected chi connectivity index (χ2v) is 10.2. The zero-order chi connectivity index (χ0) is 26.1. The molecular weight excluding hydrogens is 434 g/mol. The minimum atomic E-state index is -0.434. The lowest BCUT2D eigenvalue weighted by Crippen LogP contribution is -2.42. The van der Waals surface area contributed by atoms with Crippen LogP contribution >= 0.6 is 0 Å². The summed E-state index contributed by atoms with van der Waals surface area (Å²) < 4.78 is 11.4. The summed E-state index contributed by atoms with van der Waals surface area (Å²) in [6.45, 7) is 17.6. The molecule has 0 aromatic heterocycles. The van der Waals surface area contributed by atoms with Crippen molar-refractivity contribution in [2.75, 3.05) is 14.2 Å². The first-order chi connectivity index (χ1) is 16.6. The van der Waals surface area contributed by atoms with Crippen molar-refractivity contribution in [2.24, 2.45) is 9.98 Å². The van der Waals surface area contributed by atoms with Crippen molar-refractivity contribution < 1.29 is 9.47 Å². The van der Waals surface area contributed by atoms with Crippen LogP contribution in [-0.2, 0) is 9.47 Å². The molecule has 0 heterocycles. The molecule has 2 unspecified atom stereocenters. The predicted octanol–water partition coefficient (Wildman–Crippen LogP) is 7.82. The SMILES string of the molecule is COC(C=Nc1c(C(C)C)cccc1C(C)C)NC(C=Nc1c(C(C)C)cccc1C(C)C)OC. The number of para-hydroxylation sites is 2. The number of hydrogen-bond donors (Lipinski definition) is 1. The molecule has 5 nitrogen and oxygen atoms in total. The molecule has 0 fully saturated rings. The van der Waals surface area contributed by atoms with Crippen molar-refractivity contribution in [3.8, 4) is 0 Å². The number of ether oxygens (including phenoxy) is 2. The molecule has 5 heteroatoms. The van der Waals surface area contributed by atoms with Gasteiger partial charge in [-0.3, -0.25) is 15.3 Å². The van der Waals surface area contributed by atoms with Crippen LogP contribution in [0.4, 0.5) is 11.4 Å². The Bertz CT molecular complexity index is 861. The van der Waals surface area contributed by atoms with Crippen LogP contribution in [-0.4, -0.2) is 39.1 Å². The summed E-state index contributed by atoms with van der Waals surface area (Å²) in [4.78, 5) is 9.78. The van der Waals surface area contributed by atoms with Crippen molar-refractivity contribution in [1.29, 1.82) is 0 Å². The van der Waals surface area contributed by atoms with E-state index >= 15 is 0 Å². The summed E-state index contributed by atoms with van der Waals surface area (Å²) >= 11 is 0. The molecule has 2 aromatic carbocycles. The van der Waals surface area contributed by atoms with Crippen molar-refractivity contribution >= 4 is 23.8 Å². The van der Waals surface area contributed by atoms with Gasteiger partial charge in [0.05, 0.1) is 11.4 Å². The molecule has 0 aliphatic rings. The van der Waals surface area contributed by atoms with Gasteiger partial charge in [-0.2, -0.15) is 0 Å². The fourth-order valence-corrected chi connectivity index (χ4v) is 4.11. The molecule has 0 spiro atoms. The highest BCUT2D eigenvalue weighted by Gasteiger charge is 2.17. The van der Waals surface area contributed by atoms with Gasteiger partial charge in [-0.1, -0.05) is 91.8 Å². The second-order valence-electron chi connectivity index (χ2n) is 10.2. The molecule has 2 atom stereocenters. The highest BCUT2D eigenvalue weighted by atomic mass is 16.5. The lowest BCUT2D eigenvalue weighted by atomic mass is 9.93. The molecule has 192 valence electrons. The van der Waals surface area contributed by atoms with Crippen LogP contribution < -0.4 is 5.32 Å². The number of nitrogens with one attached hydrogen (secondary N) is 1. The number of methoxy groups -OCH3 is 2. The molecule has 0 aliphatic carbocycles. The lowest BCUT2D eigenvalue weighted by Gasteiger charge is -2.20.